The van der Waals surface area contributed by atoms with E-state index in [4.69, 9.17) is 9.05 Å². The maximum atomic E-state index is 5.86. The highest BCUT2D eigenvalue weighted by Gasteiger charge is 2.17. The molecule has 3 aromatic carbocycles. The molecule has 0 N–H and O–H groups in total. The topological polar surface area (TPSA) is 18.5 Å². The van der Waals surface area contributed by atoms with Crippen LogP contribution in [0.1, 0.15) is 13.8 Å². The van der Waals surface area contributed by atoms with E-state index in [2.05, 4.69) is 60.7 Å². The first kappa shape index (κ1) is 16.1. The second-order valence-corrected chi connectivity index (χ2v) is 6.68. The Morgan fingerprint density at radius 3 is 2.13 bits per heavy atom. The van der Waals surface area contributed by atoms with Gasteiger partial charge < -0.3 is 9.05 Å². The normalized spacial score (nSPS) is 11.3. The molecular formula is C20H21O2P. The summed E-state index contributed by atoms with van der Waals surface area (Å²) in [6.45, 7) is 5.31. The van der Waals surface area contributed by atoms with Gasteiger partial charge in [0.2, 0.25) is 8.38 Å². The summed E-state index contributed by atoms with van der Waals surface area (Å²) in [5, 5.41) is 3.64. The summed E-state index contributed by atoms with van der Waals surface area (Å²) in [5.41, 5.74) is 2.39. The highest BCUT2D eigenvalue weighted by Crippen LogP contribution is 2.40. The van der Waals surface area contributed by atoms with Crippen LogP contribution in [0.25, 0.3) is 21.9 Å². The van der Waals surface area contributed by atoms with Crippen LogP contribution in [0.4, 0.5) is 0 Å². The smallest absolute Gasteiger partial charge is 0.205 e. The molecule has 0 saturated heterocycles. The average Bonchev–Trinajstić information content (AvgIpc) is 2.61. The molecule has 0 radical (unpaired) electrons. The lowest BCUT2D eigenvalue weighted by Gasteiger charge is -2.19. The van der Waals surface area contributed by atoms with Crippen molar-refractivity contribution in [3.05, 3.63) is 66.7 Å². The summed E-state index contributed by atoms with van der Waals surface area (Å²) < 4.78 is 11.7. The molecule has 0 aliphatic heterocycles. The van der Waals surface area contributed by atoms with E-state index in [0.717, 1.165) is 5.30 Å². The van der Waals surface area contributed by atoms with E-state index >= 15 is 0 Å². The second-order valence-electron chi connectivity index (χ2n) is 5.17. The van der Waals surface area contributed by atoms with Crippen molar-refractivity contribution in [1.82, 2.24) is 0 Å². The fourth-order valence-electron chi connectivity index (χ4n) is 2.64. The molecule has 0 aliphatic rings. The lowest BCUT2D eigenvalue weighted by atomic mass is 10.0. The van der Waals surface area contributed by atoms with Crippen LogP contribution in [0.5, 0.6) is 0 Å². The van der Waals surface area contributed by atoms with Crippen molar-refractivity contribution in [2.24, 2.45) is 0 Å². The van der Waals surface area contributed by atoms with Crippen LogP contribution in [0.15, 0.2) is 66.7 Å². The maximum Gasteiger partial charge on any atom is 0.205 e. The molecule has 0 heterocycles. The maximum absolute atomic E-state index is 5.86. The van der Waals surface area contributed by atoms with Crippen molar-refractivity contribution in [2.75, 3.05) is 13.2 Å². The Kier molecular flexibility index (Phi) is 5.40. The van der Waals surface area contributed by atoms with E-state index in [1.54, 1.807) is 0 Å². The van der Waals surface area contributed by atoms with Crippen molar-refractivity contribution >= 4 is 24.5 Å². The number of hydrogen-bond donors (Lipinski definition) is 0. The number of fused-ring (bicyclic) bond motifs is 1. The van der Waals surface area contributed by atoms with E-state index < -0.39 is 8.38 Å². The van der Waals surface area contributed by atoms with Gasteiger partial charge in [0.15, 0.2) is 0 Å². The van der Waals surface area contributed by atoms with Gasteiger partial charge in [0.1, 0.15) is 0 Å². The first-order chi connectivity index (χ1) is 11.3. The van der Waals surface area contributed by atoms with E-state index in [1.165, 1.54) is 21.9 Å². The van der Waals surface area contributed by atoms with E-state index in [9.17, 15) is 0 Å². The summed E-state index contributed by atoms with van der Waals surface area (Å²) in [7, 11) is -1.04. The van der Waals surface area contributed by atoms with Gasteiger partial charge >= 0.3 is 0 Å². The Morgan fingerprint density at radius 1 is 0.739 bits per heavy atom. The first-order valence-electron chi connectivity index (χ1n) is 7.97. The van der Waals surface area contributed by atoms with E-state index in [1.807, 2.05) is 19.9 Å². The van der Waals surface area contributed by atoms with Crippen LogP contribution >= 0.6 is 8.38 Å². The van der Waals surface area contributed by atoms with Crippen LogP contribution < -0.4 is 5.30 Å². The lowest BCUT2D eigenvalue weighted by Crippen LogP contribution is -2.09. The second kappa shape index (κ2) is 7.70. The van der Waals surface area contributed by atoms with Gasteiger partial charge in [-0.15, -0.1) is 0 Å². The first-order valence-corrected chi connectivity index (χ1v) is 9.15. The number of benzene rings is 3. The molecule has 0 spiro atoms. The summed E-state index contributed by atoms with van der Waals surface area (Å²) in [4.78, 5) is 0. The molecule has 0 bridgehead atoms. The predicted molar refractivity (Wildman–Crippen MR) is 99.2 cm³/mol. The molecule has 0 aliphatic carbocycles. The zero-order chi connectivity index (χ0) is 16.1. The Labute approximate surface area is 139 Å². The monoisotopic (exact) mass is 324 g/mol. The molecule has 118 valence electrons. The van der Waals surface area contributed by atoms with E-state index in [-0.39, 0.29) is 0 Å². The average molecular weight is 324 g/mol. The van der Waals surface area contributed by atoms with Crippen LogP contribution in [0.3, 0.4) is 0 Å². The predicted octanol–water partition coefficient (Wildman–Crippen LogP) is 5.52. The highest BCUT2D eigenvalue weighted by molar-refractivity contribution is 7.56. The molecule has 3 rings (SSSR count). The quantitative estimate of drug-likeness (QED) is 0.556. The molecule has 3 heteroatoms. The molecular weight excluding hydrogens is 303 g/mol. The lowest BCUT2D eigenvalue weighted by molar-refractivity contribution is 0.277. The molecule has 0 unspecified atom stereocenters. The third-order valence-corrected chi connectivity index (χ3v) is 5.42. The minimum Gasteiger partial charge on any atom is -0.331 e. The van der Waals surface area contributed by atoms with E-state index in [0.29, 0.717) is 13.2 Å². The van der Waals surface area contributed by atoms with Crippen molar-refractivity contribution < 1.29 is 9.05 Å². The van der Waals surface area contributed by atoms with Gasteiger partial charge in [-0.1, -0.05) is 54.6 Å². The third kappa shape index (κ3) is 3.61. The SMILES string of the molecule is CCOP(OCC)c1ccccc1-c1ccc2ccccc2c1. The Bertz CT molecular complexity index is 779. The minimum absolute atomic E-state index is 0.651. The zero-order valence-corrected chi connectivity index (χ0v) is 14.4. The molecule has 0 atom stereocenters. The van der Waals surface area contributed by atoms with Gasteiger partial charge in [0.25, 0.3) is 0 Å². The largest absolute Gasteiger partial charge is 0.331 e. The standard InChI is InChI=1S/C20H21O2P/c1-3-21-23(22-4-2)20-12-8-7-11-19(20)18-14-13-16-9-5-6-10-17(16)15-18/h5-15H,3-4H2,1-2H3. The van der Waals surface area contributed by atoms with Crippen LogP contribution in [0, 0.1) is 0 Å². The fraction of sp³-hybridized carbons (Fsp3) is 0.200. The molecule has 0 fully saturated rings. The van der Waals surface area contributed by atoms with Gasteiger partial charge in [0, 0.05) is 5.30 Å². The molecule has 0 saturated carbocycles. The van der Waals surface area contributed by atoms with Crippen LogP contribution in [0.2, 0.25) is 0 Å². The van der Waals surface area contributed by atoms with Gasteiger partial charge in [-0.25, -0.2) is 0 Å². The fourth-order valence-corrected chi connectivity index (χ4v) is 4.07. The zero-order valence-electron chi connectivity index (χ0n) is 13.5. The Hall–Kier alpha value is -1.73. The van der Waals surface area contributed by atoms with Crippen molar-refractivity contribution in [3.8, 4) is 11.1 Å². The third-order valence-electron chi connectivity index (χ3n) is 3.65. The summed E-state index contributed by atoms with van der Waals surface area (Å²) in [6.07, 6.45) is 0. The minimum atomic E-state index is -1.04. The van der Waals surface area contributed by atoms with Gasteiger partial charge in [-0.2, -0.15) is 0 Å². The molecule has 3 aromatic rings. The van der Waals surface area contributed by atoms with Crippen LogP contribution in [-0.4, -0.2) is 13.2 Å². The summed E-state index contributed by atoms with van der Waals surface area (Å²) in [6, 6.07) is 23.4. The van der Waals surface area contributed by atoms with Gasteiger partial charge in [0.05, 0.1) is 13.2 Å². The van der Waals surface area contributed by atoms with Crippen LogP contribution in [-0.2, 0) is 9.05 Å². The molecule has 2 nitrogen and oxygen atoms in total. The van der Waals surface area contributed by atoms with Gasteiger partial charge in [-0.3, -0.25) is 0 Å². The Balaban J connectivity index is 2.07. The van der Waals surface area contributed by atoms with Gasteiger partial charge in [-0.05, 0) is 47.9 Å². The number of hydrogen-bond acceptors (Lipinski definition) is 2. The Morgan fingerprint density at radius 2 is 1.39 bits per heavy atom. The summed E-state index contributed by atoms with van der Waals surface area (Å²) in [5.74, 6) is 0. The van der Waals surface area contributed by atoms with Crippen molar-refractivity contribution in [2.45, 2.75) is 13.8 Å². The molecule has 23 heavy (non-hydrogen) atoms. The molecule has 0 amide bonds. The number of rotatable bonds is 6. The highest BCUT2D eigenvalue weighted by atomic mass is 31.2. The van der Waals surface area contributed by atoms with Crippen molar-refractivity contribution in [3.63, 3.8) is 0 Å². The summed E-state index contributed by atoms with van der Waals surface area (Å²) >= 11 is 0. The van der Waals surface area contributed by atoms with Crippen molar-refractivity contribution in [1.29, 1.82) is 0 Å². The molecule has 0 aromatic heterocycles.